The molecule has 0 saturated carbocycles. The zero-order valence-corrected chi connectivity index (χ0v) is 16.4. The van der Waals surface area contributed by atoms with Crippen LogP contribution in [0.1, 0.15) is 27.2 Å². The molecule has 4 rings (SSSR count). The number of rotatable bonds is 4. The third-order valence-corrected chi connectivity index (χ3v) is 5.97. The average molecular weight is 362 g/mol. The van der Waals surface area contributed by atoms with E-state index in [9.17, 15) is 4.79 Å². The van der Waals surface area contributed by atoms with Gasteiger partial charge in [-0.1, -0.05) is 30.3 Å². The highest BCUT2D eigenvalue weighted by atomic mass is 16.1. The molecule has 0 unspecified atom stereocenters. The van der Waals surface area contributed by atoms with Crippen LogP contribution in [0.4, 0.5) is 5.69 Å². The highest BCUT2D eigenvalue weighted by Gasteiger charge is 2.25. The van der Waals surface area contributed by atoms with Crippen LogP contribution in [0.15, 0.2) is 42.5 Å². The number of hydrogen-bond acceptors (Lipinski definition) is 2. The number of benzene rings is 2. The third kappa shape index (κ3) is 3.37. The van der Waals surface area contributed by atoms with E-state index in [2.05, 4.69) is 41.9 Å². The molecule has 1 fully saturated rings. The smallest absolute Gasteiger partial charge is 0.219 e. The second kappa shape index (κ2) is 7.20. The Morgan fingerprint density at radius 1 is 1.04 bits per heavy atom. The summed E-state index contributed by atoms with van der Waals surface area (Å²) in [4.78, 5) is 20.2. The minimum absolute atomic E-state index is 0.250. The fraction of sp³-hybridized carbons (Fsp3) is 0.348. The number of H-pyrrole nitrogens is 1. The van der Waals surface area contributed by atoms with Crippen molar-refractivity contribution in [2.45, 2.75) is 20.8 Å². The normalized spacial score (nSPS) is 15.4. The molecule has 1 aliphatic rings. The number of nitrogens with one attached hydrogen (secondary N) is 2. The van der Waals surface area contributed by atoms with Gasteiger partial charge in [0, 0.05) is 22.3 Å². The fourth-order valence-electron chi connectivity index (χ4n) is 4.27. The van der Waals surface area contributed by atoms with Crippen molar-refractivity contribution in [3.05, 3.63) is 64.8 Å². The number of aromatic amines is 1. The van der Waals surface area contributed by atoms with E-state index in [0.29, 0.717) is 6.54 Å². The monoisotopic (exact) mass is 362 g/mol. The lowest BCUT2D eigenvalue weighted by Crippen LogP contribution is -3.15. The Morgan fingerprint density at radius 3 is 2.56 bits per heavy atom. The van der Waals surface area contributed by atoms with Gasteiger partial charge in [-0.3, -0.25) is 4.79 Å². The quantitative estimate of drug-likeness (QED) is 0.701. The summed E-state index contributed by atoms with van der Waals surface area (Å²) in [6.07, 6.45) is 0. The van der Waals surface area contributed by atoms with Gasteiger partial charge in [0.15, 0.2) is 0 Å². The molecular weight excluding hydrogens is 334 g/mol. The minimum Gasteiger partial charge on any atom is -0.360 e. The SMILES string of the molecule is Cc1cccc(N2CC[NH+](CC(=O)c3c(C)[nH]c4ccccc34)CC2)c1C. The van der Waals surface area contributed by atoms with Crippen molar-refractivity contribution in [3.63, 3.8) is 0 Å². The van der Waals surface area contributed by atoms with Crippen LogP contribution < -0.4 is 9.80 Å². The number of fused-ring (bicyclic) bond motifs is 1. The number of quaternary nitrogens is 1. The summed E-state index contributed by atoms with van der Waals surface area (Å²) in [7, 11) is 0. The second-order valence-electron chi connectivity index (χ2n) is 7.73. The molecule has 4 heteroatoms. The molecular formula is C23H28N3O+. The number of aryl methyl sites for hydroxylation is 2. The number of para-hydroxylation sites is 1. The molecule has 0 aliphatic carbocycles. The largest absolute Gasteiger partial charge is 0.360 e. The molecule has 27 heavy (non-hydrogen) atoms. The maximum absolute atomic E-state index is 13.0. The van der Waals surface area contributed by atoms with Gasteiger partial charge in [-0.05, 0) is 44.0 Å². The van der Waals surface area contributed by atoms with Crippen LogP contribution in [0, 0.1) is 20.8 Å². The van der Waals surface area contributed by atoms with Gasteiger partial charge in [-0.15, -0.1) is 0 Å². The Kier molecular flexibility index (Phi) is 4.75. The summed E-state index contributed by atoms with van der Waals surface area (Å²) in [6.45, 7) is 10.9. The lowest BCUT2D eigenvalue weighted by Gasteiger charge is -2.34. The molecule has 1 aliphatic heterocycles. The van der Waals surface area contributed by atoms with Crippen molar-refractivity contribution in [1.29, 1.82) is 0 Å². The molecule has 2 heterocycles. The molecule has 4 nitrogen and oxygen atoms in total. The van der Waals surface area contributed by atoms with Crippen LogP contribution in [0.25, 0.3) is 10.9 Å². The van der Waals surface area contributed by atoms with Crippen LogP contribution in [-0.2, 0) is 0 Å². The zero-order chi connectivity index (χ0) is 19.0. The first-order chi connectivity index (χ1) is 13.0. The van der Waals surface area contributed by atoms with Crippen LogP contribution in [-0.4, -0.2) is 43.5 Å². The Balaban J connectivity index is 1.44. The number of ketones is 1. The van der Waals surface area contributed by atoms with E-state index in [-0.39, 0.29) is 5.78 Å². The Labute approximate surface area is 160 Å². The predicted molar refractivity (Wildman–Crippen MR) is 111 cm³/mol. The number of aromatic nitrogens is 1. The van der Waals surface area contributed by atoms with Crippen molar-refractivity contribution < 1.29 is 9.69 Å². The molecule has 0 amide bonds. The van der Waals surface area contributed by atoms with Crippen LogP contribution >= 0.6 is 0 Å². The molecule has 2 aromatic carbocycles. The van der Waals surface area contributed by atoms with Gasteiger partial charge >= 0.3 is 0 Å². The van der Waals surface area contributed by atoms with Crippen LogP contribution in [0.2, 0.25) is 0 Å². The summed E-state index contributed by atoms with van der Waals surface area (Å²) in [5.41, 5.74) is 6.95. The zero-order valence-electron chi connectivity index (χ0n) is 16.4. The number of Topliss-reactive ketones (excluding diaryl/α,β-unsaturated/α-hetero) is 1. The number of hydrogen-bond donors (Lipinski definition) is 2. The van der Waals surface area contributed by atoms with Crippen molar-refractivity contribution >= 4 is 22.4 Å². The minimum atomic E-state index is 0.250. The van der Waals surface area contributed by atoms with Gasteiger partial charge in [0.05, 0.1) is 31.7 Å². The fourth-order valence-corrected chi connectivity index (χ4v) is 4.27. The molecule has 1 aromatic heterocycles. The van der Waals surface area contributed by atoms with E-state index < -0.39 is 0 Å². The van der Waals surface area contributed by atoms with Crippen LogP contribution in [0.5, 0.6) is 0 Å². The summed E-state index contributed by atoms with van der Waals surface area (Å²) >= 11 is 0. The Bertz CT molecular complexity index is 980. The molecule has 2 N–H and O–H groups in total. The van der Waals surface area contributed by atoms with Crippen molar-refractivity contribution in [2.24, 2.45) is 0 Å². The lowest BCUT2D eigenvalue weighted by atomic mass is 10.1. The van der Waals surface area contributed by atoms with Crippen molar-refractivity contribution in [2.75, 3.05) is 37.6 Å². The topological polar surface area (TPSA) is 40.5 Å². The predicted octanol–water partition coefficient (Wildman–Crippen LogP) is 2.68. The highest BCUT2D eigenvalue weighted by Crippen LogP contribution is 2.23. The summed E-state index contributed by atoms with van der Waals surface area (Å²) in [6, 6.07) is 14.6. The first-order valence-electron chi connectivity index (χ1n) is 9.80. The van der Waals surface area contributed by atoms with Gasteiger partial charge in [0.1, 0.15) is 6.54 Å². The number of carbonyl (C=O) groups is 1. The molecule has 1 saturated heterocycles. The Hall–Kier alpha value is -2.59. The molecule has 140 valence electrons. The highest BCUT2D eigenvalue weighted by molar-refractivity contribution is 6.09. The van der Waals surface area contributed by atoms with Gasteiger partial charge in [-0.25, -0.2) is 0 Å². The number of anilines is 1. The standard InChI is InChI=1S/C23H27N3O/c1-16-7-6-10-21(17(16)2)26-13-11-25(12-14-26)15-22(27)23-18(3)24-20-9-5-4-8-19(20)23/h4-10,24H,11-15H2,1-3H3/p+1. The summed E-state index contributed by atoms with van der Waals surface area (Å²) in [5, 5.41) is 1.05. The Morgan fingerprint density at radius 2 is 1.78 bits per heavy atom. The molecule has 0 spiro atoms. The van der Waals surface area contributed by atoms with E-state index in [1.807, 2.05) is 31.2 Å². The summed E-state index contributed by atoms with van der Waals surface area (Å²) in [5.74, 6) is 0.250. The van der Waals surface area contributed by atoms with Crippen molar-refractivity contribution in [1.82, 2.24) is 4.98 Å². The van der Waals surface area contributed by atoms with Gasteiger partial charge in [0.2, 0.25) is 5.78 Å². The first kappa shape index (κ1) is 17.8. The van der Waals surface area contributed by atoms with Gasteiger partial charge in [-0.2, -0.15) is 0 Å². The second-order valence-corrected chi connectivity index (χ2v) is 7.73. The number of nitrogens with zero attached hydrogens (tertiary/aromatic N) is 1. The number of piperazine rings is 1. The average Bonchev–Trinajstić information content (AvgIpc) is 3.00. The van der Waals surface area contributed by atoms with E-state index in [0.717, 1.165) is 48.3 Å². The van der Waals surface area contributed by atoms with E-state index in [1.165, 1.54) is 21.7 Å². The molecule has 0 radical (unpaired) electrons. The summed E-state index contributed by atoms with van der Waals surface area (Å²) < 4.78 is 0. The third-order valence-electron chi connectivity index (χ3n) is 5.97. The van der Waals surface area contributed by atoms with Crippen LogP contribution in [0.3, 0.4) is 0 Å². The molecule has 3 aromatic rings. The van der Waals surface area contributed by atoms with E-state index in [4.69, 9.17) is 0 Å². The molecule has 0 bridgehead atoms. The maximum atomic E-state index is 13.0. The molecule has 0 atom stereocenters. The van der Waals surface area contributed by atoms with E-state index >= 15 is 0 Å². The first-order valence-corrected chi connectivity index (χ1v) is 9.80. The van der Waals surface area contributed by atoms with E-state index in [1.54, 1.807) is 0 Å². The van der Waals surface area contributed by atoms with Gasteiger partial charge < -0.3 is 14.8 Å². The van der Waals surface area contributed by atoms with Crippen molar-refractivity contribution in [3.8, 4) is 0 Å². The van der Waals surface area contributed by atoms with Gasteiger partial charge in [0.25, 0.3) is 0 Å². The number of carbonyl (C=O) groups excluding carboxylic acids is 1. The maximum Gasteiger partial charge on any atom is 0.219 e. The lowest BCUT2D eigenvalue weighted by molar-refractivity contribution is -0.892.